The molecule has 0 aliphatic rings. The summed E-state index contributed by atoms with van der Waals surface area (Å²) in [5.74, 6) is -0.357. The lowest BCUT2D eigenvalue weighted by atomic mass is 10.1. The molecule has 7 heteroatoms. The van der Waals surface area contributed by atoms with Gasteiger partial charge in [0.1, 0.15) is 0 Å². The molecule has 5 nitrogen and oxygen atoms in total. The summed E-state index contributed by atoms with van der Waals surface area (Å²) in [6.45, 7) is 3.66. The number of rotatable bonds is 4. The SMILES string of the molecule is CCC(=O)Nc1cccc(NC(=S)NC(=O)c2ccc(Br)cc2)c1C. The molecule has 0 saturated carbocycles. The van der Waals surface area contributed by atoms with Gasteiger partial charge in [-0.3, -0.25) is 14.9 Å². The van der Waals surface area contributed by atoms with Crippen LogP contribution in [0.15, 0.2) is 46.9 Å². The van der Waals surface area contributed by atoms with E-state index in [1.165, 1.54) is 0 Å². The normalized spacial score (nSPS) is 10.0. The van der Waals surface area contributed by atoms with Gasteiger partial charge >= 0.3 is 0 Å². The number of halogens is 1. The zero-order valence-electron chi connectivity index (χ0n) is 13.9. The first-order chi connectivity index (χ1) is 11.9. The molecule has 0 bridgehead atoms. The molecule has 0 aromatic heterocycles. The highest BCUT2D eigenvalue weighted by molar-refractivity contribution is 9.10. The van der Waals surface area contributed by atoms with Gasteiger partial charge in [0, 0.05) is 27.8 Å². The Morgan fingerprint density at radius 1 is 1.04 bits per heavy atom. The number of thiocarbonyl (C=S) groups is 1. The molecular formula is C18H18BrN3O2S. The second kappa shape index (κ2) is 8.73. The highest BCUT2D eigenvalue weighted by atomic mass is 79.9. The lowest BCUT2D eigenvalue weighted by Gasteiger charge is -2.15. The fraction of sp³-hybridized carbons (Fsp3) is 0.167. The highest BCUT2D eigenvalue weighted by Crippen LogP contribution is 2.23. The molecule has 0 atom stereocenters. The van der Waals surface area contributed by atoms with Crippen molar-refractivity contribution < 1.29 is 9.59 Å². The standard InChI is InChI=1S/C18H18BrN3O2S/c1-3-16(23)20-14-5-4-6-15(11(14)2)21-18(25)22-17(24)12-7-9-13(19)10-8-12/h4-10H,3H2,1-2H3,(H,20,23)(H2,21,22,24,25). The fourth-order valence-electron chi connectivity index (χ4n) is 2.08. The van der Waals surface area contributed by atoms with Crippen molar-refractivity contribution in [2.24, 2.45) is 0 Å². The topological polar surface area (TPSA) is 70.2 Å². The Bertz CT molecular complexity index is 806. The van der Waals surface area contributed by atoms with Crippen molar-refractivity contribution in [1.82, 2.24) is 5.32 Å². The quantitative estimate of drug-likeness (QED) is 0.648. The first-order valence-electron chi connectivity index (χ1n) is 7.68. The molecule has 2 aromatic rings. The summed E-state index contributed by atoms with van der Waals surface area (Å²) in [7, 11) is 0. The van der Waals surface area contributed by atoms with Crippen molar-refractivity contribution in [1.29, 1.82) is 0 Å². The molecule has 0 fully saturated rings. The van der Waals surface area contributed by atoms with Crippen LogP contribution in [0.2, 0.25) is 0 Å². The number of benzene rings is 2. The number of nitrogens with one attached hydrogen (secondary N) is 3. The Labute approximate surface area is 160 Å². The van der Waals surface area contributed by atoms with Crippen LogP contribution in [0.3, 0.4) is 0 Å². The fourth-order valence-corrected chi connectivity index (χ4v) is 2.54. The minimum atomic E-state index is -0.293. The number of carbonyl (C=O) groups excluding carboxylic acids is 2. The van der Waals surface area contributed by atoms with Gasteiger partial charge < -0.3 is 10.6 Å². The molecule has 0 heterocycles. The van der Waals surface area contributed by atoms with Crippen molar-refractivity contribution in [3.05, 3.63) is 58.1 Å². The first kappa shape index (κ1) is 19.1. The second-order valence-electron chi connectivity index (χ2n) is 5.30. The van der Waals surface area contributed by atoms with Crippen LogP contribution in [-0.4, -0.2) is 16.9 Å². The third-order valence-corrected chi connectivity index (χ3v) is 4.24. The smallest absolute Gasteiger partial charge is 0.257 e. The van der Waals surface area contributed by atoms with Gasteiger partial charge in [-0.05, 0) is 61.1 Å². The Hall–Kier alpha value is -2.25. The number of carbonyl (C=O) groups is 2. The van der Waals surface area contributed by atoms with Crippen molar-refractivity contribution in [2.75, 3.05) is 10.6 Å². The Morgan fingerprint density at radius 3 is 2.24 bits per heavy atom. The summed E-state index contributed by atoms with van der Waals surface area (Å²) in [4.78, 5) is 23.8. The number of anilines is 2. The predicted octanol–water partition coefficient (Wildman–Crippen LogP) is 4.23. The summed E-state index contributed by atoms with van der Waals surface area (Å²) < 4.78 is 0.895. The predicted molar refractivity (Wildman–Crippen MR) is 108 cm³/mol. The van der Waals surface area contributed by atoms with Gasteiger partial charge in [0.2, 0.25) is 5.91 Å². The maximum Gasteiger partial charge on any atom is 0.257 e. The van der Waals surface area contributed by atoms with Gasteiger partial charge in [0.25, 0.3) is 5.91 Å². The molecule has 0 aliphatic carbocycles. The summed E-state index contributed by atoms with van der Waals surface area (Å²) in [5, 5.41) is 8.66. The third-order valence-electron chi connectivity index (χ3n) is 3.51. The van der Waals surface area contributed by atoms with E-state index in [0.717, 1.165) is 15.7 Å². The van der Waals surface area contributed by atoms with Crippen molar-refractivity contribution >= 4 is 56.4 Å². The molecule has 25 heavy (non-hydrogen) atoms. The highest BCUT2D eigenvalue weighted by Gasteiger charge is 2.10. The van der Waals surface area contributed by atoms with Crippen molar-refractivity contribution in [3.63, 3.8) is 0 Å². The van der Waals surface area contributed by atoms with E-state index in [2.05, 4.69) is 31.9 Å². The van der Waals surface area contributed by atoms with Crippen LogP contribution >= 0.6 is 28.1 Å². The van der Waals surface area contributed by atoms with Crippen LogP contribution in [0.25, 0.3) is 0 Å². The minimum absolute atomic E-state index is 0.0635. The van der Waals surface area contributed by atoms with Crippen LogP contribution in [0, 0.1) is 6.92 Å². The molecular weight excluding hydrogens is 402 g/mol. The van der Waals surface area contributed by atoms with Crippen LogP contribution < -0.4 is 16.0 Å². The maximum absolute atomic E-state index is 12.2. The van der Waals surface area contributed by atoms with E-state index in [1.807, 2.05) is 19.1 Å². The second-order valence-corrected chi connectivity index (χ2v) is 6.62. The van der Waals surface area contributed by atoms with Gasteiger partial charge in [0.05, 0.1) is 0 Å². The van der Waals surface area contributed by atoms with Gasteiger partial charge in [-0.15, -0.1) is 0 Å². The summed E-state index contributed by atoms with van der Waals surface area (Å²) >= 11 is 8.54. The molecule has 0 aliphatic heterocycles. The molecule has 2 amide bonds. The van der Waals surface area contributed by atoms with Crippen LogP contribution in [0.1, 0.15) is 29.3 Å². The average Bonchev–Trinajstić information content (AvgIpc) is 2.58. The maximum atomic E-state index is 12.2. The van der Waals surface area contributed by atoms with Crippen LogP contribution in [0.5, 0.6) is 0 Å². The Morgan fingerprint density at radius 2 is 1.64 bits per heavy atom. The molecule has 2 rings (SSSR count). The van der Waals surface area contributed by atoms with E-state index in [4.69, 9.17) is 12.2 Å². The van der Waals surface area contributed by atoms with Crippen LogP contribution in [-0.2, 0) is 4.79 Å². The summed E-state index contributed by atoms with van der Waals surface area (Å²) in [6, 6.07) is 12.4. The summed E-state index contributed by atoms with van der Waals surface area (Å²) in [5.41, 5.74) is 2.77. The number of hydrogen-bond acceptors (Lipinski definition) is 3. The van der Waals surface area contributed by atoms with E-state index in [0.29, 0.717) is 17.7 Å². The molecule has 3 N–H and O–H groups in total. The first-order valence-corrected chi connectivity index (χ1v) is 8.88. The lowest BCUT2D eigenvalue weighted by molar-refractivity contribution is -0.115. The monoisotopic (exact) mass is 419 g/mol. The molecule has 0 saturated heterocycles. The molecule has 2 aromatic carbocycles. The largest absolute Gasteiger partial charge is 0.332 e. The minimum Gasteiger partial charge on any atom is -0.332 e. The van der Waals surface area contributed by atoms with Gasteiger partial charge in [-0.25, -0.2) is 0 Å². The van der Waals surface area contributed by atoms with Gasteiger partial charge in [-0.2, -0.15) is 0 Å². The van der Waals surface area contributed by atoms with Gasteiger partial charge in [0.15, 0.2) is 5.11 Å². The van der Waals surface area contributed by atoms with E-state index in [9.17, 15) is 9.59 Å². The lowest BCUT2D eigenvalue weighted by Crippen LogP contribution is -2.34. The third kappa shape index (κ3) is 5.37. The van der Waals surface area contributed by atoms with E-state index >= 15 is 0 Å². The van der Waals surface area contributed by atoms with Crippen molar-refractivity contribution in [3.8, 4) is 0 Å². The molecule has 0 radical (unpaired) electrons. The number of hydrogen-bond donors (Lipinski definition) is 3. The zero-order valence-corrected chi connectivity index (χ0v) is 16.3. The van der Waals surface area contributed by atoms with E-state index in [-0.39, 0.29) is 16.9 Å². The van der Waals surface area contributed by atoms with E-state index in [1.54, 1.807) is 37.3 Å². The molecule has 0 unspecified atom stereocenters. The Kier molecular flexibility index (Phi) is 6.66. The van der Waals surface area contributed by atoms with Crippen LogP contribution in [0.4, 0.5) is 11.4 Å². The summed E-state index contributed by atoms with van der Waals surface area (Å²) in [6.07, 6.45) is 0.402. The van der Waals surface area contributed by atoms with Gasteiger partial charge in [-0.1, -0.05) is 28.9 Å². The number of amides is 2. The molecule has 0 spiro atoms. The average molecular weight is 420 g/mol. The van der Waals surface area contributed by atoms with E-state index < -0.39 is 0 Å². The van der Waals surface area contributed by atoms with Crippen molar-refractivity contribution in [2.45, 2.75) is 20.3 Å². The molecule has 130 valence electrons. The Balaban J connectivity index is 2.05. The zero-order chi connectivity index (χ0) is 18.4.